The molecule has 3 heterocycles. The van der Waals surface area contributed by atoms with Gasteiger partial charge in [-0.2, -0.15) is 0 Å². The number of amides is 3. The molecule has 1 unspecified atom stereocenters. The average Bonchev–Trinajstić information content (AvgIpc) is 3.08. The van der Waals surface area contributed by atoms with Gasteiger partial charge in [0, 0.05) is 57.3 Å². The molecule has 0 aliphatic carbocycles. The highest BCUT2D eigenvalue weighted by atomic mass is 16.2. The first-order valence-corrected chi connectivity index (χ1v) is 11.8. The lowest BCUT2D eigenvalue weighted by Gasteiger charge is -2.35. The quantitative estimate of drug-likeness (QED) is 0.783. The van der Waals surface area contributed by atoms with E-state index in [4.69, 9.17) is 0 Å². The van der Waals surface area contributed by atoms with Crippen LogP contribution in [0.25, 0.3) is 0 Å². The summed E-state index contributed by atoms with van der Waals surface area (Å²) in [4.78, 5) is 43.7. The Morgan fingerprint density at radius 1 is 0.871 bits per heavy atom. The van der Waals surface area contributed by atoms with E-state index in [0.717, 1.165) is 50.3 Å². The highest BCUT2D eigenvalue weighted by molar-refractivity contribution is 5.96. The van der Waals surface area contributed by atoms with Gasteiger partial charge in [-0.05, 0) is 37.3 Å². The number of rotatable bonds is 5. The minimum absolute atomic E-state index is 0.0170. The SMILES string of the molecule is O=C1Nc2ccccc2CC1CCC(=O)N1CCN(CC(=O)N2CCCCCC2)CC1. The molecule has 7 heteroatoms. The number of piperazine rings is 1. The van der Waals surface area contributed by atoms with Crippen molar-refractivity contribution < 1.29 is 14.4 Å². The van der Waals surface area contributed by atoms with Gasteiger partial charge in [-0.3, -0.25) is 19.3 Å². The van der Waals surface area contributed by atoms with Crippen molar-refractivity contribution in [2.45, 2.75) is 44.9 Å². The molecule has 7 nitrogen and oxygen atoms in total. The molecule has 1 atom stereocenters. The van der Waals surface area contributed by atoms with Crippen LogP contribution in [0, 0.1) is 5.92 Å². The minimum Gasteiger partial charge on any atom is -0.342 e. The number of hydrogen-bond donors (Lipinski definition) is 1. The zero-order chi connectivity index (χ0) is 21.6. The van der Waals surface area contributed by atoms with Crippen LogP contribution in [0.2, 0.25) is 0 Å². The summed E-state index contributed by atoms with van der Waals surface area (Å²) in [5, 5.41) is 2.96. The molecule has 0 aromatic heterocycles. The fraction of sp³-hybridized carbons (Fsp3) is 0.625. The van der Waals surface area contributed by atoms with Gasteiger partial charge in [-0.15, -0.1) is 0 Å². The third-order valence-electron chi connectivity index (χ3n) is 6.86. The molecule has 3 aliphatic rings. The van der Waals surface area contributed by atoms with Crippen LogP contribution in [0.5, 0.6) is 0 Å². The Kier molecular flexibility index (Phi) is 7.22. The van der Waals surface area contributed by atoms with Crippen molar-refractivity contribution >= 4 is 23.4 Å². The molecule has 0 spiro atoms. The van der Waals surface area contributed by atoms with Crippen LogP contribution in [0.4, 0.5) is 5.69 Å². The normalized spacial score (nSPS) is 22.5. The van der Waals surface area contributed by atoms with Crippen molar-refractivity contribution in [3.8, 4) is 0 Å². The Hall–Kier alpha value is -2.41. The summed E-state index contributed by atoms with van der Waals surface area (Å²) in [6.07, 6.45) is 6.33. The van der Waals surface area contributed by atoms with Gasteiger partial charge < -0.3 is 15.1 Å². The monoisotopic (exact) mass is 426 g/mol. The van der Waals surface area contributed by atoms with Crippen LogP contribution in [0.1, 0.15) is 44.1 Å². The molecular weight excluding hydrogens is 392 g/mol. The van der Waals surface area contributed by atoms with E-state index < -0.39 is 0 Å². The molecule has 1 aromatic carbocycles. The molecule has 2 saturated heterocycles. The predicted molar refractivity (Wildman–Crippen MR) is 120 cm³/mol. The van der Waals surface area contributed by atoms with Crippen molar-refractivity contribution in [3.63, 3.8) is 0 Å². The first-order chi connectivity index (χ1) is 15.1. The van der Waals surface area contributed by atoms with E-state index in [-0.39, 0.29) is 23.6 Å². The minimum atomic E-state index is -0.147. The molecule has 3 aliphatic heterocycles. The van der Waals surface area contributed by atoms with Crippen LogP contribution in [0.15, 0.2) is 24.3 Å². The van der Waals surface area contributed by atoms with Gasteiger partial charge in [-0.25, -0.2) is 0 Å². The summed E-state index contributed by atoms with van der Waals surface area (Å²) >= 11 is 0. The summed E-state index contributed by atoms with van der Waals surface area (Å²) in [6.45, 7) is 5.03. The zero-order valence-electron chi connectivity index (χ0n) is 18.4. The smallest absolute Gasteiger partial charge is 0.236 e. The lowest BCUT2D eigenvalue weighted by Crippen LogP contribution is -2.51. The van der Waals surface area contributed by atoms with Crippen molar-refractivity contribution in [2.24, 2.45) is 5.92 Å². The second-order valence-corrected chi connectivity index (χ2v) is 9.04. The maximum Gasteiger partial charge on any atom is 0.236 e. The fourth-order valence-corrected chi connectivity index (χ4v) is 4.87. The van der Waals surface area contributed by atoms with Crippen molar-refractivity contribution in [3.05, 3.63) is 29.8 Å². The number of benzene rings is 1. The Bertz CT molecular complexity index is 796. The summed E-state index contributed by atoms with van der Waals surface area (Å²) < 4.78 is 0. The van der Waals surface area contributed by atoms with Crippen molar-refractivity contribution in [1.29, 1.82) is 0 Å². The number of hydrogen-bond acceptors (Lipinski definition) is 4. The Balaban J connectivity index is 1.19. The van der Waals surface area contributed by atoms with Gasteiger partial charge in [0.05, 0.1) is 6.54 Å². The second-order valence-electron chi connectivity index (χ2n) is 9.04. The van der Waals surface area contributed by atoms with Crippen LogP contribution in [0.3, 0.4) is 0 Å². The van der Waals surface area contributed by atoms with Gasteiger partial charge in [-0.1, -0.05) is 31.0 Å². The first-order valence-electron chi connectivity index (χ1n) is 11.8. The molecule has 0 radical (unpaired) electrons. The van der Waals surface area contributed by atoms with Gasteiger partial charge in [0.15, 0.2) is 0 Å². The Morgan fingerprint density at radius 3 is 2.29 bits per heavy atom. The number of likely N-dealkylation sites (tertiary alicyclic amines) is 1. The number of nitrogens with zero attached hydrogens (tertiary/aromatic N) is 3. The standard InChI is InChI=1S/C24H34N4O3/c29-22(10-9-20-17-19-7-3-4-8-21(19)25-24(20)31)28-15-13-26(14-16-28)18-23(30)27-11-5-1-2-6-12-27/h3-4,7-8,20H,1-2,5-6,9-18H2,(H,25,31). The zero-order valence-corrected chi connectivity index (χ0v) is 18.4. The number of nitrogens with one attached hydrogen (secondary N) is 1. The average molecular weight is 427 g/mol. The van der Waals surface area contributed by atoms with Gasteiger partial charge in [0.1, 0.15) is 0 Å². The van der Waals surface area contributed by atoms with E-state index in [1.165, 1.54) is 12.8 Å². The van der Waals surface area contributed by atoms with Gasteiger partial charge in [0.25, 0.3) is 0 Å². The van der Waals surface area contributed by atoms with Crippen molar-refractivity contribution in [2.75, 3.05) is 51.1 Å². The molecule has 168 valence electrons. The third-order valence-corrected chi connectivity index (χ3v) is 6.86. The Labute approximate surface area is 184 Å². The number of carbonyl (C=O) groups is 3. The maximum atomic E-state index is 12.7. The maximum absolute atomic E-state index is 12.7. The van der Waals surface area contributed by atoms with E-state index in [1.54, 1.807) is 0 Å². The molecule has 31 heavy (non-hydrogen) atoms. The van der Waals surface area contributed by atoms with E-state index in [0.29, 0.717) is 38.9 Å². The number of carbonyl (C=O) groups excluding carboxylic acids is 3. The molecule has 0 saturated carbocycles. The van der Waals surface area contributed by atoms with Gasteiger partial charge >= 0.3 is 0 Å². The number of para-hydroxylation sites is 1. The lowest BCUT2D eigenvalue weighted by molar-refractivity contribution is -0.135. The predicted octanol–water partition coefficient (Wildman–Crippen LogP) is 2.12. The summed E-state index contributed by atoms with van der Waals surface area (Å²) in [5.41, 5.74) is 2.03. The topological polar surface area (TPSA) is 73.0 Å². The summed E-state index contributed by atoms with van der Waals surface area (Å²) in [5.74, 6) is 0.213. The van der Waals surface area contributed by atoms with E-state index in [9.17, 15) is 14.4 Å². The molecule has 2 fully saturated rings. The highest BCUT2D eigenvalue weighted by Gasteiger charge is 2.28. The summed E-state index contributed by atoms with van der Waals surface area (Å²) in [6, 6.07) is 7.86. The summed E-state index contributed by atoms with van der Waals surface area (Å²) in [7, 11) is 0. The molecule has 0 bridgehead atoms. The largest absolute Gasteiger partial charge is 0.342 e. The highest BCUT2D eigenvalue weighted by Crippen LogP contribution is 2.27. The van der Waals surface area contributed by atoms with Crippen LogP contribution in [-0.4, -0.2) is 78.2 Å². The van der Waals surface area contributed by atoms with E-state index >= 15 is 0 Å². The first kappa shape index (κ1) is 21.8. The molecule has 3 amide bonds. The number of fused-ring (bicyclic) bond motifs is 1. The number of anilines is 1. The van der Waals surface area contributed by atoms with E-state index in [2.05, 4.69) is 10.2 Å². The van der Waals surface area contributed by atoms with Crippen LogP contribution in [-0.2, 0) is 20.8 Å². The molecular formula is C24H34N4O3. The molecule has 1 aromatic rings. The van der Waals surface area contributed by atoms with Gasteiger partial charge in [0.2, 0.25) is 17.7 Å². The third kappa shape index (κ3) is 5.64. The Morgan fingerprint density at radius 2 is 1.55 bits per heavy atom. The van der Waals surface area contributed by atoms with E-state index in [1.807, 2.05) is 34.1 Å². The van der Waals surface area contributed by atoms with Crippen LogP contribution < -0.4 is 5.32 Å². The lowest BCUT2D eigenvalue weighted by atomic mass is 9.89. The molecule has 4 rings (SSSR count). The second kappa shape index (κ2) is 10.3. The fourth-order valence-electron chi connectivity index (χ4n) is 4.87. The van der Waals surface area contributed by atoms with Crippen molar-refractivity contribution in [1.82, 2.24) is 14.7 Å². The van der Waals surface area contributed by atoms with Crippen LogP contribution >= 0.6 is 0 Å². The molecule has 1 N–H and O–H groups in total.